The minimum absolute atomic E-state index is 0.125. The summed E-state index contributed by atoms with van der Waals surface area (Å²) in [6, 6.07) is 0.271. The first kappa shape index (κ1) is 12.1. The number of hydrogen-bond acceptors (Lipinski definition) is 5. The Kier molecular flexibility index (Phi) is 3.75. The maximum Gasteiger partial charge on any atom is 0.414 e. The summed E-state index contributed by atoms with van der Waals surface area (Å²) in [7, 11) is 0. The second-order valence-corrected chi connectivity index (χ2v) is 3.95. The third-order valence-corrected chi connectivity index (χ3v) is 2.60. The molecule has 92 valence electrons. The molecule has 8 heteroatoms. The zero-order valence-electron chi connectivity index (χ0n) is 8.78. The van der Waals surface area contributed by atoms with Gasteiger partial charge in [-0.15, -0.1) is 0 Å². The van der Waals surface area contributed by atoms with E-state index in [1.54, 1.807) is 9.55 Å². The summed E-state index contributed by atoms with van der Waals surface area (Å²) >= 11 is 3.14. The summed E-state index contributed by atoms with van der Waals surface area (Å²) < 4.78 is 12.4. The molecule has 1 aliphatic rings. The topological polar surface area (TPSA) is 79.4 Å². The van der Waals surface area contributed by atoms with Gasteiger partial charge in [-0.05, 0) is 9.91 Å². The van der Waals surface area contributed by atoms with E-state index < -0.39 is 4.92 Å². The number of ether oxygens (including phenoxy) is 2. The molecule has 7 nitrogen and oxygen atoms in total. The van der Waals surface area contributed by atoms with E-state index in [1.807, 2.05) is 6.08 Å². The lowest BCUT2D eigenvalue weighted by molar-refractivity contribution is -0.389. The summed E-state index contributed by atoms with van der Waals surface area (Å²) in [6.07, 6.45) is 3.04. The fourth-order valence-corrected chi connectivity index (χ4v) is 1.64. The van der Waals surface area contributed by atoms with Gasteiger partial charge in [-0.3, -0.25) is 4.57 Å². The molecule has 0 N–H and O–H groups in total. The van der Waals surface area contributed by atoms with E-state index in [0.29, 0.717) is 19.8 Å². The largest absolute Gasteiger partial charge is 0.443 e. The van der Waals surface area contributed by atoms with E-state index in [0.717, 1.165) is 0 Å². The Bertz CT molecular complexity index is 445. The highest BCUT2D eigenvalue weighted by atomic mass is 79.9. The molecule has 0 aromatic carbocycles. The number of imidazole rings is 1. The third kappa shape index (κ3) is 2.83. The molecule has 0 saturated heterocycles. The van der Waals surface area contributed by atoms with Crippen LogP contribution in [-0.4, -0.2) is 33.8 Å². The Morgan fingerprint density at radius 1 is 1.82 bits per heavy atom. The van der Waals surface area contributed by atoms with Crippen LogP contribution in [0.15, 0.2) is 17.3 Å². The van der Waals surface area contributed by atoms with E-state index in [-0.39, 0.29) is 17.9 Å². The van der Waals surface area contributed by atoms with Gasteiger partial charge in [0, 0.05) is 4.98 Å². The number of fused-ring (bicyclic) bond motifs is 1. The number of halogens is 1. The van der Waals surface area contributed by atoms with Crippen molar-refractivity contribution in [1.29, 1.82) is 0 Å². The zero-order valence-corrected chi connectivity index (χ0v) is 10.4. The highest BCUT2D eigenvalue weighted by Gasteiger charge is 2.27. The molecule has 0 spiro atoms. The Morgan fingerprint density at radius 3 is 3.35 bits per heavy atom. The van der Waals surface area contributed by atoms with Crippen molar-refractivity contribution < 1.29 is 14.4 Å². The number of nitrogens with zero attached hydrogens (tertiary/aromatic N) is 3. The molecule has 1 atom stereocenters. The molecule has 1 unspecified atom stereocenters. The SMILES string of the molecule is O=[N+]([O-])c1cn2c(n1)OCC(OCC=CBr)C2. The lowest BCUT2D eigenvalue weighted by Crippen LogP contribution is -2.32. The average molecular weight is 304 g/mol. The summed E-state index contributed by atoms with van der Waals surface area (Å²) in [5.74, 6) is -0.207. The molecule has 0 fully saturated rings. The molecule has 0 amide bonds. The predicted octanol–water partition coefficient (Wildman–Crippen LogP) is 1.48. The van der Waals surface area contributed by atoms with Crippen LogP contribution in [0.2, 0.25) is 0 Å². The van der Waals surface area contributed by atoms with Crippen molar-refractivity contribution in [2.24, 2.45) is 0 Å². The molecule has 1 aliphatic heterocycles. The van der Waals surface area contributed by atoms with Crippen molar-refractivity contribution in [2.75, 3.05) is 13.2 Å². The van der Waals surface area contributed by atoms with Crippen molar-refractivity contribution >= 4 is 21.7 Å². The molecular formula is C9H10BrN3O4. The van der Waals surface area contributed by atoms with E-state index in [2.05, 4.69) is 20.9 Å². The van der Waals surface area contributed by atoms with Gasteiger partial charge in [0.2, 0.25) is 0 Å². The molecule has 0 radical (unpaired) electrons. The van der Waals surface area contributed by atoms with Crippen LogP contribution >= 0.6 is 15.9 Å². The van der Waals surface area contributed by atoms with Crippen LogP contribution in [-0.2, 0) is 11.3 Å². The van der Waals surface area contributed by atoms with Crippen molar-refractivity contribution in [3.05, 3.63) is 27.4 Å². The van der Waals surface area contributed by atoms with Gasteiger partial charge in [-0.1, -0.05) is 22.0 Å². The fraction of sp³-hybridized carbons (Fsp3) is 0.444. The number of hydrogen-bond donors (Lipinski definition) is 0. The van der Waals surface area contributed by atoms with E-state index >= 15 is 0 Å². The molecule has 1 aromatic heterocycles. The molecule has 0 aliphatic carbocycles. The highest BCUT2D eigenvalue weighted by molar-refractivity contribution is 9.11. The Morgan fingerprint density at radius 2 is 2.65 bits per heavy atom. The average Bonchev–Trinajstić information content (AvgIpc) is 2.72. The monoisotopic (exact) mass is 303 g/mol. The molecule has 0 bridgehead atoms. The summed E-state index contributed by atoms with van der Waals surface area (Å²) in [6.45, 7) is 1.32. The first-order chi connectivity index (χ1) is 8.20. The van der Waals surface area contributed by atoms with Gasteiger partial charge in [0.05, 0.1) is 13.2 Å². The van der Waals surface area contributed by atoms with Gasteiger partial charge in [0.1, 0.15) is 18.9 Å². The zero-order chi connectivity index (χ0) is 12.3. The molecule has 17 heavy (non-hydrogen) atoms. The van der Waals surface area contributed by atoms with Crippen LogP contribution in [0.3, 0.4) is 0 Å². The molecule has 0 saturated carbocycles. The Hall–Kier alpha value is -1.41. The summed E-state index contributed by atoms with van der Waals surface area (Å²) in [4.78, 5) is 15.5. The summed E-state index contributed by atoms with van der Waals surface area (Å²) in [5.41, 5.74) is 0. The first-order valence-electron chi connectivity index (χ1n) is 4.92. The van der Waals surface area contributed by atoms with Crippen molar-refractivity contribution in [1.82, 2.24) is 9.55 Å². The lowest BCUT2D eigenvalue weighted by atomic mass is 10.3. The highest BCUT2D eigenvalue weighted by Crippen LogP contribution is 2.22. The quantitative estimate of drug-likeness (QED) is 0.622. The first-order valence-corrected chi connectivity index (χ1v) is 5.83. The molecule has 2 heterocycles. The van der Waals surface area contributed by atoms with Crippen LogP contribution in [0.4, 0.5) is 5.82 Å². The third-order valence-electron chi connectivity index (χ3n) is 2.23. The number of rotatable bonds is 4. The number of nitro groups is 1. The lowest BCUT2D eigenvalue weighted by Gasteiger charge is -2.21. The van der Waals surface area contributed by atoms with Crippen molar-refractivity contribution in [2.45, 2.75) is 12.6 Å². The molecular weight excluding hydrogens is 294 g/mol. The van der Waals surface area contributed by atoms with E-state index in [4.69, 9.17) is 9.47 Å². The van der Waals surface area contributed by atoms with Gasteiger partial charge in [0.15, 0.2) is 0 Å². The smallest absolute Gasteiger partial charge is 0.414 e. The molecule has 1 aromatic rings. The standard InChI is InChI=1S/C9H10BrN3O4/c10-2-1-3-16-7-4-12-5-8(13(14)15)11-9(12)17-6-7/h1-2,5,7H,3-4,6H2. The second-order valence-electron chi connectivity index (χ2n) is 3.42. The van der Waals surface area contributed by atoms with Crippen LogP contribution in [0.1, 0.15) is 0 Å². The van der Waals surface area contributed by atoms with Crippen molar-refractivity contribution in [3.63, 3.8) is 0 Å². The van der Waals surface area contributed by atoms with E-state index in [1.165, 1.54) is 6.20 Å². The van der Waals surface area contributed by atoms with Crippen molar-refractivity contribution in [3.8, 4) is 6.01 Å². The molecule has 2 rings (SSSR count). The number of aromatic nitrogens is 2. The normalized spacial score (nSPS) is 19.0. The maximum atomic E-state index is 10.5. The van der Waals surface area contributed by atoms with Crippen LogP contribution < -0.4 is 4.74 Å². The minimum Gasteiger partial charge on any atom is -0.443 e. The van der Waals surface area contributed by atoms with Gasteiger partial charge < -0.3 is 19.6 Å². The predicted molar refractivity (Wildman–Crippen MR) is 62.2 cm³/mol. The Balaban J connectivity index is 2.00. The van der Waals surface area contributed by atoms with Crippen LogP contribution in [0, 0.1) is 10.1 Å². The van der Waals surface area contributed by atoms with Gasteiger partial charge in [-0.25, -0.2) is 0 Å². The minimum atomic E-state index is -0.544. The summed E-state index contributed by atoms with van der Waals surface area (Å²) in [5, 5.41) is 10.5. The maximum absolute atomic E-state index is 10.5. The van der Waals surface area contributed by atoms with E-state index in [9.17, 15) is 10.1 Å². The van der Waals surface area contributed by atoms with Crippen LogP contribution in [0.25, 0.3) is 0 Å². The second kappa shape index (κ2) is 5.28. The Labute approximate surface area is 105 Å². The van der Waals surface area contributed by atoms with Crippen LogP contribution in [0.5, 0.6) is 6.01 Å². The van der Waals surface area contributed by atoms with Gasteiger partial charge in [-0.2, -0.15) is 0 Å². The van der Waals surface area contributed by atoms with Gasteiger partial charge >= 0.3 is 11.8 Å². The fourth-order valence-electron chi connectivity index (χ4n) is 1.49. The van der Waals surface area contributed by atoms with Gasteiger partial charge in [0.25, 0.3) is 0 Å².